The van der Waals surface area contributed by atoms with E-state index >= 15 is 0 Å². The molecule has 0 N–H and O–H groups in total. The maximum absolute atomic E-state index is 10.7. The van der Waals surface area contributed by atoms with Crippen molar-refractivity contribution in [2.45, 2.75) is 52.1 Å². The van der Waals surface area contributed by atoms with E-state index in [0.717, 1.165) is 12.8 Å². The number of hydrogen-bond acceptors (Lipinski definition) is 3. The van der Waals surface area contributed by atoms with E-state index in [4.69, 9.17) is 15.4 Å². The highest BCUT2D eigenvalue weighted by atomic mass is 35.7. The zero-order chi connectivity index (χ0) is 12.2. The molecule has 1 aliphatic rings. The van der Waals surface area contributed by atoms with Crippen LogP contribution in [0.4, 0.5) is 0 Å². The molecule has 1 saturated carbocycles. The van der Waals surface area contributed by atoms with Gasteiger partial charge in [-0.1, -0.05) is 13.8 Å². The van der Waals surface area contributed by atoms with Gasteiger partial charge in [0, 0.05) is 17.3 Å². The van der Waals surface area contributed by atoms with E-state index in [1.807, 2.05) is 0 Å². The fraction of sp³-hybridized carbons (Fsp3) is 1.00. The van der Waals surface area contributed by atoms with E-state index < -0.39 is 9.05 Å². The molecule has 0 aromatic heterocycles. The molecule has 0 atom stereocenters. The van der Waals surface area contributed by atoms with Gasteiger partial charge < -0.3 is 4.74 Å². The molecular formula is C11H21ClO3S. The first-order valence-corrected chi connectivity index (χ1v) is 8.30. The van der Waals surface area contributed by atoms with E-state index in [1.165, 1.54) is 12.8 Å². The van der Waals surface area contributed by atoms with Crippen molar-refractivity contribution < 1.29 is 13.2 Å². The molecule has 96 valence electrons. The van der Waals surface area contributed by atoms with Crippen LogP contribution in [0.25, 0.3) is 0 Å². The van der Waals surface area contributed by atoms with Gasteiger partial charge in [-0.25, -0.2) is 8.42 Å². The van der Waals surface area contributed by atoms with Crippen LogP contribution in [0.15, 0.2) is 0 Å². The lowest BCUT2D eigenvalue weighted by Crippen LogP contribution is -2.26. The van der Waals surface area contributed by atoms with E-state index in [-0.39, 0.29) is 5.75 Å². The van der Waals surface area contributed by atoms with Gasteiger partial charge in [-0.05, 0) is 37.5 Å². The van der Waals surface area contributed by atoms with Crippen molar-refractivity contribution in [3.05, 3.63) is 0 Å². The van der Waals surface area contributed by atoms with E-state index in [0.29, 0.717) is 24.5 Å². The summed E-state index contributed by atoms with van der Waals surface area (Å²) < 4.78 is 27.0. The second kappa shape index (κ2) is 5.69. The zero-order valence-corrected chi connectivity index (χ0v) is 11.6. The van der Waals surface area contributed by atoms with Crippen LogP contribution >= 0.6 is 10.7 Å². The number of hydrogen-bond donors (Lipinski definition) is 0. The van der Waals surface area contributed by atoms with Gasteiger partial charge in [0.05, 0.1) is 11.9 Å². The monoisotopic (exact) mass is 268 g/mol. The lowest BCUT2D eigenvalue weighted by molar-refractivity contribution is 0.00499. The lowest BCUT2D eigenvalue weighted by atomic mass is 9.76. The summed E-state index contributed by atoms with van der Waals surface area (Å²) in [6, 6.07) is 0. The van der Waals surface area contributed by atoms with Crippen LogP contribution in [-0.2, 0) is 13.8 Å². The molecule has 16 heavy (non-hydrogen) atoms. The van der Waals surface area contributed by atoms with Gasteiger partial charge in [-0.2, -0.15) is 0 Å². The predicted molar refractivity (Wildman–Crippen MR) is 66.2 cm³/mol. The summed E-state index contributed by atoms with van der Waals surface area (Å²) in [4.78, 5) is 0. The van der Waals surface area contributed by atoms with E-state index in [9.17, 15) is 8.42 Å². The topological polar surface area (TPSA) is 43.4 Å². The van der Waals surface area contributed by atoms with Crippen molar-refractivity contribution in [3.8, 4) is 0 Å². The molecule has 0 heterocycles. The third kappa shape index (κ3) is 6.06. The smallest absolute Gasteiger partial charge is 0.232 e. The summed E-state index contributed by atoms with van der Waals surface area (Å²) in [5, 5.41) is 0. The summed E-state index contributed by atoms with van der Waals surface area (Å²) >= 11 is 0. The quantitative estimate of drug-likeness (QED) is 0.569. The Balaban J connectivity index is 2.11. The first-order valence-electron chi connectivity index (χ1n) is 5.82. The number of halogens is 1. The molecule has 0 radical (unpaired) electrons. The molecule has 1 rings (SSSR count). The first kappa shape index (κ1) is 14.3. The van der Waals surface area contributed by atoms with Gasteiger partial charge in [0.15, 0.2) is 0 Å². The second-order valence-corrected chi connectivity index (χ2v) is 8.23. The Kier molecular flexibility index (Phi) is 5.08. The number of rotatable bonds is 5. The van der Waals surface area contributed by atoms with Gasteiger partial charge in [-0.15, -0.1) is 0 Å². The molecule has 3 nitrogen and oxygen atoms in total. The largest absolute Gasteiger partial charge is 0.378 e. The van der Waals surface area contributed by atoms with Crippen LogP contribution in [0.2, 0.25) is 0 Å². The van der Waals surface area contributed by atoms with Gasteiger partial charge in [-0.3, -0.25) is 0 Å². The Hall–Kier alpha value is 0.200. The Labute approximate surface area is 103 Å². The zero-order valence-electron chi connectivity index (χ0n) is 10.0. The first-order chi connectivity index (χ1) is 7.29. The molecule has 0 aliphatic heterocycles. The van der Waals surface area contributed by atoms with Crippen LogP contribution in [0.3, 0.4) is 0 Å². The van der Waals surface area contributed by atoms with Crippen molar-refractivity contribution in [2.75, 3.05) is 12.4 Å². The molecule has 0 aromatic rings. The fourth-order valence-corrected chi connectivity index (χ4v) is 2.81. The minimum Gasteiger partial charge on any atom is -0.378 e. The van der Waals surface area contributed by atoms with Crippen molar-refractivity contribution in [3.63, 3.8) is 0 Å². The Morgan fingerprint density at radius 3 is 2.38 bits per heavy atom. The van der Waals surface area contributed by atoms with Gasteiger partial charge >= 0.3 is 0 Å². The third-order valence-corrected chi connectivity index (χ3v) is 4.41. The van der Waals surface area contributed by atoms with Crippen molar-refractivity contribution in [1.29, 1.82) is 0 Å². The minimum absolute atomic E-state index is 0.00671. The summed E-state index contributed by atoms with van der Waals surface area (Å²) in [7, 11) is 1.76. The average Bonchev–Trinajstić information content (AvgIpc) is 2.13. The highest BCUT2D eigenvalue weighted by Crippen LogP contribution is 2.36. The second-order valence-electron chi connectivity index (χ2n) is 5.33. The molecule has 0 bridgehead atoms. The molecule has 0 spiro atoms. The molecule has 1 aliphatic carbocycles. The Morgan fingerprint density at radius 2 is 1.88 bits per heavy atom. The van der Waals surface area contributed by atoms with Gasteiger partial charge in [0.25, 0.3) is 0 Å². The maximum Gasteiger partial charge on any atom is 0.232 e. The molecule has 0 unspecified atom stereocenters. The molecule has 0 aromatic carbocycles. The van der Waals surface area contributed by atoms with Crippen LogP contribution in [0.5, 0.6) is 0 Å². The molecule has 1 fully saturated rings. The molecule has 5 heteroatoms. The van der Waals surface area contributed by atoms with Gasteiger partial charge in [0.1, 0.15) is 0 Å². The Morgan fingerprint density at radius 1 is 1.31 bits per heavy atom. The van der Waals surface area contributed by atoms with Gasteiger partial charge in [0.2, 0.25) is 9.05 Å². The number of ether oxygens (including phenoxy) is 1. The van der Waals surface area contributed by atoms with Crippen molar-refractivity contribution in [2.24, 2.45) is 5.41 Å². The van der Waals surface area contributed by atoms with Crippen molar-refractivity contribution >= 4 is 19.7 Å². The third-order valence-electron chi connectivity index (χ3n) is 3.17. The van der Waals surface area contributed by atoms with Crippen LogP contribution in [-0.4, -0.2) is 26.9 Å². The fourth-order valence-electron chi connectivity index (χ4n) is 2.02. The van der Waals surface area contributed by atoms with Crippen LogP contribution in [0.1, 0.15) is 46.0 Å². The highest BCUT2D eigenvalue weighted by molar-refractivity contribution is 8.13. The summed E-state index contributed by atoms with van der Waals surface area (Å²) in [5.41, 5.74) is 0.444. The standard InChI is InChI=1S/C11H21ClO3S/c1-11(2)6-4-10(5-7-11)15-8-3-9-16(12,13)14/h10H,3-9H2,1-2H3. The maximum atomic E-state index is 10.7. The normalized spacial score (nSPS) is 22.2. The van der Waals surface area contributed by atoms with Crippen LogP contribution in [0, 0.1) is 5.41 Å². The van der Waals surface area contributed by atoms with Crippen LogP contribution < -0.4 is 0 Å². The average molecular weight is 269 g/mol. The van der Waals surface area contributed by atoms with E-state index in [2.05, 4.69) is 13.8 Å². The SMILES string of the molecule is CC1(C)CCC(OCCCS(=O)(=O)Cl)CC1. The van der Waals surface area contributed by atoms with E-state index in [1.54, 1.807) is 0 Å². The minimum atomic E-state index is -3.35. The summed E-state index contributed by atoms with van der Waals surface area (Å²) in [6.07, 6.45) is 5.34. The van der Waals surface area contributed by atoms with Crippen molar-refractivity contribution in [1.82, 2.24) is 0 Å². The Bertz CT molecular complexity index is 301. The predicted octanol–water partition coefficient (Wildman–Crippen LogP) is 2.93. The molecule has 0 amide bonds. The molecular weight excluding hydrogens is 248 g/mol. The highest BCUT2D eigenvalue weighted by Gasteiger charge is 2.26. The summed E-state index contributed by atoms with van der Waals surface area (Å²) in [6.45, 7) is 5.06. The summed E-state index contributed by atoms with van der Waals surface area (Å²) in [5.74, 6) is 0.00671. The molecule has 0 saturated heterocycles. The lowest BCUT2D eigenvalue weighted by Gasteiger charge is -2.34.